The van der Waals surface area contributed by atoms with Gasteiger partial charge in [-0.25, -0.2) is 0 Å². The van der Waals surface area contributed by atoms with Crippen LogP contribution >= 0.6 is 0 Å². The first kappa shape index (κ1) is 10.2. The van der Waals surface area contributed by atoms with E-state index in [1.165, 1.54) is 5.56 Å². The Balaban J connectivity index is 2.35. The molecule has 1 rings (SSSR count). The van der Waals surface area contributed by atoms with Crippen molar-refractivity contribution in [1.82, 2.24) is 0 Å². The summed E-state index contributed by atoms with van der Waals surface area (Å²) in [6.07, 6.45) is 0. The standard InChI is InChI=1S/C11H16O2/c1-10(9-13-8-7-12)11-5-3-2-4-6-11/h2-6,10,12H,7-9H2,1H3/t10-/m1/s1. The van der Waals surface area contributed by atoms with Crippen LogP contribution in [-0.4, -0.2) is 24.9 Å². The molecule has 1 aromatic rings. The molecule has 0 fully saturated rings. The zero-order valence-corrected chi connectivity index (χ0v) is 7.94. The highest BCUT2D eigenvalue weighted by Crippen LogP contribution is 2.14. The van der Waals surface area contributed by atoms with Crippen LogP contribution in [0, 0.1) is 0 Å². The van der Waals surface area contributed by atoms with Crippen LogP contribution in [0.5, 0.6) is 0 Å². The summed E-state index contributed by atoms with van der Waals surface area (Å²) >= 11 is 0. The second-order valence-corrected chi connectivity index (χ2v) is 3.11. The van der Waals surface area contributed by atoms with Gasteiger partial charge in [0.25, 0.3) is 0 Å². The van der Waals surface area contributed by atoms with Gasteiger partial charge in [0, 0.05) is 5.92 Å². The van der Waals surface area contributed by atoms with Gasteiger partial charge in [0.1, 0.15) is 0 Å². The van der Waals surface area contributed by atoms with E-state index < -0.39 is 0 Å². The van der Waals surface area contributed by atoms with Crippen molar-refractivity contribution in [3.63, 3.8) is 0 Å². The van der Waals surface area contributed by atoms with Crippen LogP contribution in [0.2, 0.25) is 0 Å². The number of rotatable bonds is 5. The van der Waals surface area contributed by atoms with Crippen LogP contribution in [0.15, 0.2) is 30.3 Å². The lowest BCUT2D eigenvalue weighted by atomic mass is 10.0. The van der Waals surface area contributed by atoms with Crippen molar-refractivity contribution in [3.05, 3.63) is 35.9 Å². The van der Waals surface area contributed by atoms with E-state index in [0.717, 1.165) is 0 Å². The van der Waals surface area contributed by atoms with E-state index in [4.69, 9.17) is 9.84 Å². The molecule has 1 atom stereocenters. The molecule has 1 N–H and O–H groups in total. The Labute approximate surface area is 79.2 Å². The minimum absolute atomic E-state index is 0.0987. The van der Waals surface area contributed by atoms with Gasteiger partial charge in [0.15, 0.2) is 0 Å². The normalized spacial score (nSPS) is 12.8. The van der Waals surface area contributed by atoms with Crippen LogP contribution in [0.25, 0.3) is 0 Å². The average molecular weight is 180 g/mol. The quantitative estimate of drug-likeness (QED) is 0.700. The Morgan fingerprint density at radius 2 is 2.00 bits per heavy atom. The summed E-state index contributed by atoms with van der Waals surface area (Å²) in [4.78, 5) is 0. The highest BCUT2D eigenvalue weighted by Gasteiger charge is 2.03. The molecule has 0 spiro atoms. The van der Waals surface area contributed by atoms with Crippen LogP contribution in [0.3, 0.4) is 0 Å². The van der Waals surface area contributed by atoms with E-state index in [9.17, 15) is 0 Å². The van der Waals surface area contributed by atoms with Gasteiger partial charge in [0.05, 0.1) is 19.8 Å². The fraction of sp³-hybridized carbons (Fsp3) is 0.455. The molecule has 13 heavy (non-hydrogen) atoms. The molecule has 0 heterocycles. The summed E-state index contributed by atoms with van der Waals surface area (Å²) in [5, 5.41) is 8.52. The van der Waals surface area contributed by atoms with Crippen LogP contribution in [-0.2, 0) is 4.74 Å². The third-order valence-electron chi connectivity index (χ3n) is 1.97. The molecule has 0 amide bonds. The van der Waals surface area contributed by atoms with Crippen molar-refractivity contribution in [3.8, 4) is 0 Å². The van der Waals surface area contributed by atoms with Gasteiger partial charge >= 0.3 is 0 Å². The lowest BCUT2D eigenvalue weighted by Gasteiger charge is -2.11. The molecule has 0 aliphatic carbocycles. The maximum absolute atomic E-state index is 8.52. The number of benzene rings is 1. The summed E-state index contributed by atoms with van der Waals surface area (Å²) in [5.74, 6) is 0.396. The molecular weight excluding hydrogens is 164 g/mol. The van der Waals surface area contributed by atoms with Gasteiger partial charge in [-0.3, -0.25) is 0 Å². The van der Waals surface area contributed by atoms with Crippen molar-refractivity contribution in [2.75, 3.05) is 19.8 Å². The number of hydrogen-bond donors (Lipinski definition) is 1. The Kier molecular flexibility index (Phi) is 4.50. The first-order valence-electron chi connectivity index (χ1n) is 4.58. The molecule has 0 saturated heterocycles. The highest BCUT2D eigenvalue weighted by molar-refractivity contribution is 5.18. The van der Waals surface area contributed by atoms with Crippen LogP contribution in [0.4, 0.5) is 0 Å². The Morgan fingerprint density at radius 1 is 1.31 bits per heavy atom. The van der Waals surface area contributed by atoms with Crippen molar-refractivity contribution in [1.29, 1.82) is 0 Å². The molecule has 0 aliphatic rings. The molecule has 2 heteroatoms. The molecule has 0 radical (unpaired) electrons. The smallest absolute Gasteiger partial charge is 0.0697 e. The van der Waals surface area contributed by atoms with Gasteiger partial charge in [0.2, 0.25) is 0 Å². The SMILES string of the molecule is C[C@H](COCCO)c1ccccc1. The number of ether oxygens (including phenoxy) is 1. The average Bonchev–Trinajstić information content (AvgIpc) is 2.19. The monoisotopic (exact) mass is 180 g/mol. The predicted octanol–water partition coefficient (Wildman–Crippen LogP) is 1.80. The first-order valence-corrected chi connectivity index (χ1v) is 4.58. The number of aliphatic hydroxyl groups excluding tert-OH is 1. The molecule has 0 aliphatic heterocycles. The first-order chi connectivity index (χ1) is 6.34. The molecule has 0 saturated carbocycles. The number of hydrogen-bond acceptors (Lipinski definition) is 2. The van der Waals surface area contributed by atoms with Gasteiger partial charge in [-0.15, -0.1) is 0 Å². The molecule has 0 bridgehead atoms. The van der Waals surface area contributed by atoms with Crippen LogP contribution < -0.4 is 0 Å². The van der Waals surface area contributed by atoms with Gasteiger partial charge < -0.3 is 9.84 Å². The molecule has 0 aromatic heterocycles. The van der Waals surface area contributed by atoms with Crippen LogP contribution in [0.1, 0.15) is 18.4 Å². The third-order valence-corrected chi connectivity index (χ3v) is 1.97. The highest BCUT2D eigenvalue weighted by atomic mass is 16.5. The second-order valence-electron chi connectivity index (χ2n) is 3.11. The summed E-state index contributed by atoms with van der Waals surface area (Å²) in [5.41, 5.74) is 1.28. The van der Waals surface area contributed by atoms with Crippen molar-refractivity contribution < 1.29 is 9.84 Å². The summed E-state index contributed by atoms with van der Waals surface area (Å²) in [7, 11) is 0. The van der Waals surface area contributed by atoms with Gasteiger partial charge in [-0.05, 0) is 5.56 Å². The van der Waals surface area contributed by atoms with Crippen molar-refractivity contribution in [2.45, 2.75) is 12.8 Å². The Hall–Kier alpha value is -0.860. The minimum atomic E-state index is 0.0987. The van der Waals surface area contributed by atoms with E-state index in [0.29, 0.717) is 19.1 Å². The van der Waals surface area contributed by atoms with E-state index in [-0.39, 0.29) is 6.61 Å². The second kappa shape index (κ2) is 5.73. The lowest BCUT2D eigenvalue weighted by Crippen LogP contribution is -2.07. The predicted molar refractivity (Wildman–Crippen MR) is 52.8 cm³/mol. The van der Waals surface area contributed by atoms with Crippen molar-refractivity contribution >= 4 is 0 Å². The maximum Gasteiger partial charge on any atom is 0.0697 e. The molecule has 1 aromatic carbocycles. The summed E-state index contributed by atoms with van der Waals surface area (Å²) in [6, 6.07) is 10.2. The van der Waals surface area contributed by atoms with E-state index in [1.807, 2.05) is 18.2 Å². The third kappa shape index (κ3) is 3.57. The van der Waals surface area contributed by atoms with Gasteiger partial charge in [-0.1, -0.05) is 37.3 Å². The maximum atomic E-state index is 8.52. The largest absolute Gasteiger partial charge is 0.394 e. The minimum Gasteiger partial charge on any atom is -0.394 e. The van der Waals surface area contributed by atoms with Crippen molar-refractivity contribution in [2.24, 2.45) is 0 Å². The number of aliphatic hydroxyl groups is 1. The molecular formula is C11H16O2. The molecule has 72 valence electrons. The zero-order chi connectivity index (χ0) is 9.52. The fourth-order valence-electron chi connectivity index (χ4n) is 1.20. The Morgan fingerprint density at radius 3 is 2.62 bits per heavy atom. The molecule has 2 nitrogen and oxygen atoms in total. The summed E-state index contributed by atoms with van der Waals surface area (Å²) < 4.78 is 5.25. The summed E-state index contributed by atoms with van der Waals surface area (Å²) in [6.45, 7) is 3.32. The fourth-order valence-corrected chi connectivity index (χ4v) is 1.20. The Bertz CT molecular complexity index is 221. The van der Waals surface area contributed by atoms with E-state index in [2.05, 4.69) is 19.1 Å². The molecule has 0 unspecified atom stereocenters. The van der Waals surface area contributed by atoms with E-state index in [1.54, 1.807) is 0 Å². The van der Waals surface area contributed by atoms with Gasteiger partial charge in [-0.2, -0.15) is 0 Å². The topological polar surface area (TPSA) is 29.5 Å². The van der Waals surface area contributed by atoms with E-state index >= 15 is 0 Å². The zero-order valence-electron chi connectivity index (χ0n) is 7.94. The lowest BCUT2D eigenvalue weighted by molar-refractivity contribution is 0.0849.